The summed E-state index contributed by atoms with van der Waals surface area (Å²) in [7, 11) is 0. The Kier molecular flexibility index (Phi) is 2.44. The minimum absolute atomic E-state index is 0.253. The molecule has 0 amide bonds. The van der Waals surface area contributed by atoms with E-state index >= 15 is 0 Å². The molecule has 90 valence electrons. The van der Waals surface area contributed by atoms with Crippen LogP contribution < -0.4 is 10.6 Å². The third-order valence-corrected chi connectivity index (χ3v) is 3.19. The van der Waals surface area contributed by atoms with Gasteiger partial charge in [-0.3, -0.25) is 0 Å². The van der Waals surface area contributed by atoms with Crippen LogP contribution in [0.5, 0.6) is 0 Å². The minimum Gasteiger partial charge on any atom is -0.354 e. The summed E-state index contributed by atoms with van der Waals surface area (Å²) >= 11 is 0. The van der Waals surface area contributed by atoms with Crippen LogP contribution in [0.4, 0.5) is 5.82 Å². The standard InChI is InChI=1S/C11H16N6/c1-8-13-14-10-4-5-11(15-17(8)10)16-6-2-3-9(12)7-16/h4-5,9H,2-3,6-7,12H2,1H3/t9-/m1/s1. The molecule has 17 heavy (non-hydrogen) atoms. The highest BCUT2D eigenvalue weighted by atomic mass is 15.4. The van der Waals surface area contributed by atoms with Crippen molar-refractivity contribution in [3.05, 3.63) is 18.0 Å². The van der Waals surface area contributed by atoms with Gasteiger partial charge in [-0.05, 0) is 31.9 Å². The van der Waals surface area contributed by atoms with E-state index in [2.05, 4.69) is 20.2 Å². The number of rotatable bonds is 1. The largest absolute Gasteiger partial charge is 0.354 e. The van der Waals surface area contributed by atoms with Crippen molar-refractivity contribution in [1.29, 1.82) is 0 Å². The highest BCUT2D eigenvalue weighted by Crippen LogP contribution is 2.17. The Morgan fingerprint density at radius 1 is 1.35 bits per heavy atom. The van der Waals surface area contributed by atoms with E-state index in [4.69, 9.17) is 5.73 Å². The number of aryl methyl sites for hydroxylation is 1. The number of aromatic nitrogens is 4. The summed E-state index contributed by atoms with van der Waals surface area (Å²) in [5.74, 6) is 1.76. The first-order valence-electron chi connectivity index (χ1n) is 5.93. The van der Waals surface area contributed by atoms with Gasteiger partial charge in [0.05, 0.1) is 0 Å². The normalized spacial score (nSPS) is 21.1. The van der Waals surface area contributed by atoms with Crippen molar-refractivity contribution in [2.75, 3.05) is 18.0 Å². The molecule has 3 heterocycles. The number of fused-ring (bicyclic) bond motifs is 1. The number of nitrogens with zero attached hydrogens (tertiary/aromatic N) is 5. The second kappa shape index (κ2) is 3.96. The van der Waals surface area contributed by atoms with E-state index in [1.54, 1.807) is 4.52 Å². The highest BCUT2D eigenvalue weighted by molar-refractivity contribution is 5.46. The number of piperidine rings is 1. The molecular formula is C11H16N6. The summed E-state index contributed by atoms with van der Waals surface area (Å²) in [6.07, 6.45) is 2.23. The Balaban J connectivity index is 1.96. The molecule has 0 saturated carbocycles. The molecule has 1 atom stereocenters. The minimum atomic E-state index is 0.253. The lowest BCUT2D eigenvalue weighted by Crippen LogP contribution is -2.43. The molecule has 6 nitrogen and oxygen atoms in total. The van der Waals surface area contributed by atoms with Crippen LogP contribution in [-0.4, -0.2) is 38.9 Å². The molecule has 3 rings (SSSR count). The molecule has 0 bridgehead atoms. The molecule has 6 heteroatoms. The Morgan fingerprint density at radius 2 is 2.24 bits per heavy atom. The molecule has 0 aliphatic carbocycles. The van der Waals surface area contributed by atoms with Gasteiger partial charge in [0.15, 0.2) is 11.5 Å². The van der Waals surface area contributed by atoms with Crippen molar-refractivity contribution in [2.24, 2.45) is 5.73 Å². The topological polar surface area (TPSA) is 72.3 Å². The monoisotopic (exact) mass is 232 g/mol. The van der Waals surface area contributed by atoms with Gasteiger partial charge in [-0.2, -0.15) is 4.52 Å². The van der Waals surface area contributed by atoms with Crippen molar-refractivity contribution in [3.63, 3.8) is 0 Å². The number of nitrogens with two attached hydrogens (primary N) is 1. The van der Waals surface area contributed by atoms with E-state index in [0.717, 1.165) is 43.2 Å². The number of hydrogen-bond acceptors (Lipinski definition) is 5. The van der Waals surface area contributed by atoms with Crippen LogP contribution in [0, 0.1) is 6.92 Å². The zero-order chi connectivity index (χ0) is 11.8. The van der Waals surface area contributed by atoms with Crippen LogP contribution in [0.15, 0.2) is 12.1 Å². The third-order valence-electron chi connectivity index (χ3n) is 3.19. The fourth-order valence-corrected chi connectivity index (χ4v) is 2.27. The fraction of sp³-hybridized carbons (Fsp3) is 0.545. The van der Waals surface area contributed by atoms with Gasteiger partial charge in [0.25, 0.3) is 0 Å². The van der Waals surface area contributed by atoms with Crippen molar-refractivity contribution in [2.45, 2.75) is 25.8 Å². The molecule has 2 aromatic rings. The van der Waals surface area contributed by atoms with Crippen LogP contribution in [0.25, 0.3) is 5.65 Å². The average molecular weight is 232 g/mol. The van der Waals surface area contributed by atoms with Crippen LogP contribution in [0.1, 0.15) is 18.7 Å². The highest BCUT2D eigenvalue weighted by Gasteiger charge is 2.18. The van der Waals surface area contributed by atoms with E-state index in [1.165, 1.54) is 0 Å². The maximum absolute atomic E-state index is 5.98. The molecule has 2 aromatic heterocycles. The van der Waals surface area contributed by atoms with Crippen LogP contribution in [-0.2, 0) is 0 Å². The molecular weight excluding hydrogens is 216 g/mol. The summed E-state index contributed by atoms with van der Waals surface area (Å²) in [6, 6.07) is 4.19. The first kappa shape index (κ1) is 10.5. The van der Waals surface area contributed by atoms with Gasteiger partial charge in [0.2, 0.25) is 0 Å². The van der Waals surface area contributed by atoms with E-state index < -0.39 is 0 Å². The summed E-state index contributed by atoms with van der Waals surface area (Å²) in [6.45, 7) is 3.80. The predicted octanol–water partition coefficient (Wildman–Crippen LogP) is 0.360. The zero-order valence-electron chi connectivity index (χ0n) is 9.87. The summed E-state index contributed by atoms with van der Waals surface area (Å²) in [5.41, 5.74) is 6.77. The van der Waals surface area contributed by atoms with E-state index in [9.17, 15) is 0 Å². The van der Waals surface area contributed by atoms with Crippen LogP contribution in [0.2, 0.25) is 0 Å². The van der Waals surface area contributed by atoms with Gasteiger partial charge < -0.3 is 10.6 Å². The van der Waals surface area contributed by atoms with Gasteiger partial charge in [0, 0.05) is 19.1 Å². The predicted molar refractivity (Wildman–Crippen MR) is 64.9 cm³/mol. The van der Waals surface area contributed by atoms with Crippen molar-refractivity contribution in [1.82, 2.24) is 19.8 Å². The van der Waals surface area contributed by atoms with E-state index in [0.29, 0.717) is 0 Å². The van der Waals surface area contributed by atoms with Crippen molar-refractivity contribution < 1.29 is 0 Å². The maximum Gasteiger partial charge on any atom is 0.178 e. The molecule has 0 spiro atoms. The summed E-state index contributed by atoms with van der Waals surface area (Å²) in [4.78, 5) is 2.23. The number of anilines is 1. The second-order valence-electron chi connectivity index (χ2n) is 4.56. The molecule has 1 aliphatic rings. The Labute approximate surface area is 99.4 Å². The Morgan fingerprint density at radius 3 is 3.06 bits per heavy atom. The van der Waals surface area contributed by atoms with Gasteiger partial charge in [0.1, 0.15) is 5.82 Å². The van der Waals surface area contributed by atoms with Gasteiger partial charge in [-0.1, -0.05) is 0 Å². The number of hydrogen-bond donors (Lipinski definition) is 1. The Hall–Kier alpha value is -1.69. The molecule has 1 saturated heterocycles. The van der Waals surface area contributed by atoms with E-state index in [1.807, 2.05) is 19.1 Å². The Bertz CT molecular complexity index is 534. The maximum atomic E-state index is 5.98. The lowest BCUT2D eigenvalue weighted by Gasteiger charge is -2.31. The van der Waals surface area contributed by atoms with E-state index in [-0.39, 0.29) is 6.04 Å². The lowest BCUT2D eigenvalue weighted by atomic mass is 10.1. The van der Waals surface area contributed by atoms with Crippen molar-refractivity contribution in [3.8, 4) is 0 Å². The molecule has 0 unspecified atom stereocenters. The van der Waals surface area contributed by atoms with Crippen LogP contribution >= 0.6 is 0 Å². The SMILES string of the molecule is Cc1nnc2ccc(N3CCC[C@@H](N)C3)nn12. The fourth-order valence-electron chi connectivity index (χ4n) is 2.27. The molecule has 1 aliphatic heterocycles. The molecule has 0 aromatic carbocycles. The molecule has 2 N–H and O–H groups in total. The summed E-state index contributed by atoms with van der Waals surface area (Å²) in [5, 5.41) is 12.6. The van der Waals surface area contributed by atoms with Crippen molar-refractivity contribution >= 4 is 11.5 Å². The first-order valence-corrected chi connectivity index (χ1v) is 5.93. The van der Waals surface area contributed by atoms with Gasteiger partial charge in [-0.25, -0.2) is 0 Å². The van der Waals surface area contributed by atoms with Crippen LogP contribution in [0.3, 0.4) is 0 Å². The average Bonchev–Trinajstić information content (AvgIpc) is 2.71. The lowest BCUT2D eigenvalue weighted by molar-refractivity contribution is 0.501. The van der Waals surface area contributed by atoms with Gasteiger partial charge in [-0.15, -0.1) is 15.3 Å². The summed E-state index contributed by atoms with van der Waals surface area (Å²) < 4.78 is 1.77. The smallest absolute Gasteiger partial charge is 0.178 e. The zero-order valence-corrected chi connectivity index (χ0v) is 9.87. The molecule has 0 radical (unpaired) electrons. The second-order valence-corrected chi connectivity index (χ2v) is 4.56. The third kappa shape index (κ3) is 1.84. The molecule has 1 fully saturated rings. The van der Waals surface area contributed by atoms with Gasteiger partial charge >= 0.3 is 0 Å². The quantitative estimate of drug-likeness (QED) is 0.768. The first-order chi connectivity index (χ1) is 8.24.